The van der Waals surface area contributed by atoms with Gasteiger partial charge >= 0.3 is 0 Å². The van der Waals surface area contributed by atoms with Crippen molar-refractivity contribution in [2.24, 2.45) is 5.73 Å². The molecule has 2 atom stereocenters. The normalized spacial score (nSPS) is 21.1. The first-order valence-corrected chi connectivity index (χ1v) is 6.82. The summed E-state index contributed by atoms with van der Waals surface area (Å²) in [5.41, 5.74) is 6.96. The summed E-state index contributed by atoms with van der Waals surface area (Å²) >= 11 is 6.01. The van der Waals surface area contributed by atoms with Gasteiger partial charge in [-0.2, -0.15) is 0 Å². The summed E-state index contributed by atoms with van der Waals surface area (Å²) < 4.78 is 0. The van der Waals surface area contributed by atoms with Crippen LogP contribution < -0.4 is 5.73 Å². The molecular formula is C14H19ClN2O. The number of rotatable bonds is 3. The molecule has 1 amide bonds. The van der Waals surface area contributed by atoms with Crippen molar-refractivity contribution < 1.29 is 4.79 Å². The second-order valence-corrected chi connectivity index (χ2v) is 5.20. The molecule has 1 aromatic rings. The van der Waals surface area contributed by atoms with Crippen molar-refractivity contribution in [3.63, 3.8) is 0 Å². The van der Waals surface area contributed by atoms with Gasteiger partial charge in [-0.1, -0.05) is 30.7 Å². The summed E-state index contributed by atoms with van der Waals surface area (Å²) in [6.07, 6.45) is 2.69. The van der Waals surface area contributed by atoms with Crippen LogP contribution in [0.2, 0.25) is 5.02 Å². The minimum atomic E-state index is -0.384. The second kappa shape index (κ2) is 5.72. The van der Waals surface area contributed by atoms with E-state index in [-0.39, 0.29) is 18.0 Å². The summed E-state index contributed by atoms with van der Waals surface area (Å²) in [5.74, 6) is 0.0555. The predicted molar refractivity (Wildman–Crippen MR) is 73.4 cm³/mol. The average molecular weight is 267 g/mol. The van der Waals surface area contributed by atoms with Crippen molar-refractivity contribution in [2.75, 3.05) is 6.54 Å². The van der Waals surface area contributed by atoms with Gasteiger partial charge in [0, 0.05) is 11.6 Å². The van der Waals surface area contributed by atoms with E-state index in [2.05, 4.69) is 0 Å². The van der Waals surface area contributed by atoms with Crippen LogP contribution in [0.4, 0.5) is 0 Å². The number of benzene rings is 1. The lowest BCUT2D eigenvalue weighted by Gasteiger charge is -2.27. The maximum Gasteiger partial charge on any atom is 0.239 e. The fourth-order valence-corrected chi connectivity index (χ4v) is 2.68. The van der Waals surface area contributed by atoms with Crippen molar-refractivity contribution in [2.45, 2.75) is 38.3 Å². The summed E-state index contributed by atoms with van der Waals surface area (Å²) in [5, 5.41) is 0.714. The molecule has 1 aliphatic heterocycles. The second-order valence-electron chi connectivity index (χ2n) is 4.76. The van der Waals surface area contributed by atoms with Crippen LogP contribution in [0.25, 0.3) is 0 Å². The summed E-state index contributed by atoms with van der Waals surface area (Å²) in [4.78, 5) is 14.1. The maximum atomic E-state index is 12.2. The van der Waals surface area contributed by atoms with Gasteiger partial charge in [0.25, 0.3) is 0 Å². The minimum Gasteiger partial charge on any atom is -0.334 e. The van der Waals surface area contributed by atoms with Gasteiger partial charge in [-0.25, -0.2) is 0 Å². The largest absolute Gasteiger partial charge is 0.334 e. The number of amides is 1. The lowest BCUT2D eigenvalue weighted by molar-refractivity contribution is -0.133. The van der Waals surface area contributed by atoms with E-state index in [1.165, 1.54) is 0 Å². The monoisotopic (exact) mass is 266 g/mol. The molecule has 18 heavy (non-hydrogen) atoms. The predicted octanol–water partition coefficient (Wildman–Crippen LogP) is 2.74. The lowest BCUT2D eigenvalue weighted by Crippen LogP contribution is -2.43. The number of hydrogen-bond donors (Lipinski definition) is 1. The molecule has 1 unspecified atom stereocenters. The fraction of sp³-hybridized carbons (Fsp3) is 0.500. The molecule has 2 N–H and O–H groups in total. The van der Waals surface area contributed by atoms with Crippen LogP contribution in [0.5, 0.6) is 0 Å². The van der Waals surface area contributed by atoms with E-state index >= 15 is 0 Å². The van der Waals surface area contributed by atoms with Crippen molar-refractivity contribution >= 4 is 17.5 Å². The van der Waals surface area contributed by atoms with Crippen molar-refractivity contribution in [1.29, 1.82) is 0 Å². The Morgan fingerprint density at radius 3 is 3.06 bits per heavy atom. The average Bonchev–Trinajstić information content (AvgIpc) is 2.86. The Hall–Kier alpha value is -1.06. The third-order valence-electron chi connectivity index (χ3n) is 3.53. The van der Waals surface area contributed by atoms with Gasteiger partial charge in [0.15, 0.2) is 0 Å². The molecule has 0 saturated carbocycles. The van der Waals surface area contributed by atoms with Gasteiger partial charge in [0.05, 0.1) is 12.1 Å². The third-order valence-corrected chi connectivity index (χ3v) is 3.76. The number of nitrogens with zero attached hydrogens (tertiary/aromatic N) is 1. The van der Waals surface area contributed by atoms with E-state index in [0.717, 1.165) is 24.9 Å². The molecule has 2 rings (SSSR count). The molecule has 0 bridgehead atoms. The zero-order valence-corrected chi connectivity index (χ0v) is 11.4. The first kappa shape index (κ1) is 13.4. The smallest absolute Gasteiger partial charge is 0.239 e. The quantitative estimate of drug-likeness (QED) is 0.914. The van der Waals surface area contributed by atoms with Crippen LogP contribution >= 0.6 is 11.6 Å². The first-order valence-electron chi connectivity index (χ1n) is 6.45. The Bertz CT molecular complexity index is 436. The van der Waals surface area contributed by atoms with Crippen molar-refractivity contribution in [3.8, 4) is 0 Å². The molecule has 0 aromatic heterocycles. The topological polar surface area (TPSA) is 46.3 Å². The fourth-order valence-electron chi connectivity index (χ4n) is 2.48. The first-order chi connectivity index (χ1) is 8.63. The molecule has 3 nitrogen and oxygen atoms in total. The van der Waals surface area contributed by atoms with Gasteiger partial charge in [0.1, 0.15) is 0 Å². The van der Waals surface area contributed by atoms with Gasteiger partial charge in [-0.3, -0.25) is 4.79 Å². The number of likely N-dealkylation sites (tertiary alicyclic amines) is 1. The Morgan fingerprint density at radius 1 is 1.61 bits per heavy atom. The molecule has 0 spiro atoms. The highest BCUT2D eigenvalue weighted by atomic mass is 35.5. The van der Waals surface area contributed by atoms with Gasteiger partial charge in [0.2, 0.25) is 5.91 Å². The highest BCUT2D eigenvalue weighted by molar-refractivity contribution is 6.30. The molecule has 1 fully saturated rings. The van der Waals surface area contributed by atoms with Crippen LogP contribution in [-0.2, 0) is 4.79 Å². The van der Waals surface area contributed by atoms with E-state index in [1.807, 2.05) is 36.1 Å². The molecule has 1 heterocycles. The lowest BCUT2D eigenvalue weighted by atomic mass is 10.0. The van der Waals surface area contributed by atoms with Crippen LogP contribution in [0.3, 0.4) is 0 Å². The Kier molecular flexibility index (Phi) is 4.25. The molecule has 1 saturated heterocycles. The Balaban J connectivity index is 2.20. The summed E-state index contributed by atoms with van der Waals surface area (Å²) in [6.45, 7) is 2.73. The van der Waals surface area contributed by atoms with E-state index in [9.17, 15) is 4.79 Å². The van der Waals surface area contributed by atoms with Crippen LogP contribution in [-0.4, -0.2) is 23.4 Å². The molecule has 1 aliphatic rings. The van der Waals surface area contributed by atoms with E-state index in [0.29, 0.717) is 11.4 Å². The van der Waals surface area contributed by atoms with Crippen molar-refractivity contribution in [3.05, 3.63) is 34.9 Å². The highest BCUT2D eigenvalue weighted by Gasteiger charge is 2.31. The SMILES string of the molecule is CC[C@H](N)C(=O)N1CCCC1c1cccc(Cl)c1. The van der Waals surface area contributed by atoms with Gasteiger partial charge < -0.3 is 10.6 Å². The zero-order chi connectivity index (χ0) is 13.1. The molecule has 4 heteroatoms. The number of carbonyl (C=O) groups is 1. The number of nitrogens with two attached hydrogens (primary N) is 1. The van der Waals surface area contributed by atoms with Crippen molar-refractivity contribution in [1.82, 2.24) is 4.90 Å². The zero-order valence-electron chi connectivity index (χ0n) is 10.6. The molecular weight excluding hydrogens is 248 g/mol. The van der Waals surface area contributed by atoms with Crippen LogP contribution in [0.1, 0.15) is 37.8 Å². The highest BCUT2D eigenvalue weighted by Crippen LogP contribution is 2.33. The van der Waals surface area contributed by atoms with E-state index in [4.69, 9.17) is 17.3 Å². The summed E-state index contributed by atoms with van der Waals surface area (Å²) in [6, 6.07) is 7.50. The minimum absolute atomic E-state index is 0.0555. The molecule has 98 valence electrons. The Morgan fingerprint density at radius 2 is 2.39 bits per heavy atom. The Labute approximate surface area is 113 Å². The summed E-state index contributed by atoms with van der Waals surface area (Å²) in [7, 11) is 0. The van der Waals surface area contributed by atoms with E-state index in [1.54, 1.807) is 0 Å². The maximum absolute atomic E-state index is 12.2. The molecule has 1 aromatic carbocycles. The number of carbonyl (C=O) groups excluding carboxylic acids is 1. The van der Waals surface area contributed by atoms with Crippen LogP contribution in [0.15, 0.2) is 24.3 Å². The van der Waals surface area contributed by atoms with Gasteiger partial charge in [-0.05, 0) is 37.0 Å². The number of hydrogen-bond acceptors (Lipinski definition) is 2. The standard InChI is InChI=1S/C14H19ClN2O/c1-2-12(16)14(18)17-8-4-7-13(17)10-5-3-6-11(15)9-10/h3,5-6,9,12-13H,2,4,7-8,16H2,1H3/t12-,13?/m0/s1. The molecule has 0 aliphatic carbocycles. The number of halogens is 1. The molecule has 0 radical (unpaired) electrons. The third kappa shape index (κ3) is 2.68. The van der Waals surface area contributed by atoms with Crippen LogP contribution in [0, 0.1) is 0 Å². The van der Waals surface area contributed by atoms with Gasteiger partial charge in [-0.15, -0.1) is 0 Å². The van der Waals surface area contributed by atoms with E-state index < -0.39 is 0 Å².